The van der Waals surface area contributed by atoms with Gasteiger partial charge < -0.3 is 15.1 Å². The van der Waals surface area contributed by atoms with E-state index in [9.17, 15) is 9.59 Å². The number of hydrogen-bond acceptors (Lipinski definition) is 3. The minimum Gasteiger partial charge on any atom is -0.372 e. The van der Waals surface area contributed by atoms with Crippen LogP contribution in [-0.4, -0.2) is 42.4 Å². The first-order valence-corrected chi connectivity index (χ1v) is 11.5. The number of anilines is 1. The van der Waals surface area contributed by atoms with Gasteiger partial charge in [-0.1, -0.05) is 56.3 Å². The van der Waals surface area contributed by atoms with E-state index in [0.29, 0.717) is 19.5 Å². The van der Waals surface area contributed by atoms with Crippen LogP contribution in [0, 0.1) is 5.92 Å². The molecular formula is C26H35N3O2. The average molecular weight is 422 g/mol. The van der Waals surface area contributed by atoms with Gasteiger partial charge >= 0.3 is 0 Å². The maximum Gasteiger partial charge on any atom is 0.243 e. The predicted octanol–water partition coefficient (Wildman–Crippen LogP) is 4.02. The second-order valence-electron chi connectivity index (χ2n) is 8.32. The summed E-state index contributed by atoms with van der Waals surface area (Å²) in [5.74, 6) is -0.0585. The van der Waals surface area contributed by atoms with Crippen molar-refractivity contribution < 1.29 is 9.59 Å². The predicted molar refractivity (Wildman–Crippen MR) is 126 cm³/mol. The van der Waals surface area contributed by atoms with Crippen molar-refractivity contribution in [2.24, 2.45) is 5.92 Å². The molecule has 0 saturated carbocycles. The lowest BCUT2D eigenvalue weighted by Gasteiger charge is -2.37. The number of nitrogens with zero attached hydrogens (tertiary/aromatic N) is 2. The number of carbonyl (C=O) groups excluding carboxylic acids is 2. The van der Waals surface area contributed by atoms with Crippen LogP contribution in [0.4, 0.5) is 5.69 Å². The first-order valence-electron chi connectivity index (χ1n) is 11.5. The summed E-state index contributed by atoms with van der Waals surface area (Å²) in [5.41, 5.74) is 3.51. The minimum absolute atomic E-state index is 0.0473. The largest absolute Gasteiger partial charge is 0.372 e. The summed E-state index contributed by atoms with van der Waals surface area (Å²) in [7, 11) is 0. The Hall–Kier alpha value is -2.82. The lowest BCUT2D eigenvalue weighted by Crippen LogP contribution is -2.54. The Kier molecular flexibility index (Phi) is 8.10. The fourth-order valence-electron chi connectivity index (χ4n) is 4.15. The summed E-state index contributed by atoms with van der Waals surface area (Å²) >= 11 is 0. The molecule has 2 amide bonds. The highest BCUT2D eigenvalue weighted by atomic mass is 16.2. The van der Waals surface area contributed by atoms with E-state index >= 15 is 0 Å². The third-order valence-electron chi connectivity index (χ3n) is 6.28. The highest BCUT2D eigenvalue weighted by Gasteiger charge is 2.35. The van der Waals surface area contributed by atoms with Gasteiger partial charge in [-0.3, -0.25) is 9.59 Å². The van der Waals surface area contributed by atoms with Crippen LogP contribution in [0.25, 0.3) is 0 Å². The Morgan fingerprint density at radius 1 is 1.06 bits per heavy atom. The molecule has 1 N–H and O–H groups in total. The van der Waals surface area contributed by atoms with Gasteiger partial charge in [-0.15, -0.1) is 0 Å². The van der Waals surface area contributed by atoms with Crippen LogP contribution in [0.2, 0.25) is 0 Å². The second-order valence-corrected chi connectivity index (χ2v) is 8.32. The van der Waals surface area contributed by atoms with E-state index in [2.05, 4.69) is 41.4 Å². The van der Waals surface area contributed by atoms with Gasteiger partial charge in [0.2, 0.25) is 11.8 Å². The smallest absolute Gasteiger partial charge is 0.243 e. The van der Waals surface area contributed by atoms with Gasteiger partial charge in [-0.2, -0.15) is 0 Å². The van der Waals surface area contributed by atoms with Crippen LogP contribution in [0.5, 0.6) is 0 Å². The van der Waals surface area contributed by atoms with Gasteiger partial charge in [0, 0.05) is 44.2 Å². The van der Waals surface area contributed by atoms with Gasteiger partial charge in [0.15, 0.2) is 0 Å². The molecule has 31 heavy (non-hydrogen) atoms. The Balaban J connectivity index is 1.61. The van der Waals surface area contributed by atoms with Crippen molar-refractivity contribution in [1.29, 1.82) is 0 Å². The maximum absolute atomic E-state index is 13.1. The summed E-state index contributed by atoms with van der Waals surface area (Å²) in [6.07, 6.45) is 2.21. The lowest BCUT2D eigenvalue weighted by atomic mass is 9.92. The van der Waals surface area contributed by atoms with E-state index in [1.807, 2.05) is 44.2 Å². The lowest BCUT2D eigenvalue weighted by molar-refractivity contribution is -0.144. The summed E-state index contributed by atoms with van der Waals surface area (Å²) < 4.78 is 0. The number of amides is 2. The van der Waals surface area contributed by atoms with Crippen LogP contribution in [-0.2, 0) is 22.6 Å². The number of carbonyl (C=O) groups is 2. The summed E-state index contributed by atoms with van der Waals surface area (Å²) in [5, 5.41) is 3.10. The molecule has 2 aromatic carbocycles. The van der Waals surface area contributed by atoms with Crippen molar-refractivity contribution in [2.45, 2.75) is 52.6 Å². The molecule has 0 aromatic heterocycles. The van der Waals surface area contributed by atoms with E-state index in [0.717, 1.165) is 37.1 Å². The summed E-state index contributed by atoms with van der Waals surface area (Å²) in [6.45, 7) is 9.02. The molecule has 1 aliphatic heterocycles. The highest BCUT2D eigenvalue weighted by Crippen LogP contribution is 2.25. The van der Waals surface area contributed by atoms with E-state index in [1.54, 1.807) is 4.90 Å². The van der Waals surface area contributed by atoms with Crippen molar-refractivity contribution in [1.82, 2.24) is 10.2 Å². The molecule has 1 heterocycles. The zero-order chi connectivity index (χ0) is 22.2. The molecule has 5 heteroatoms. The average Bonchev–Trinajstić information content (AvgIpc) is 2.82. The maximum atomic E-state index is 13.1. The first-order chi connectivity index (χ1) is 15.0. The first kappa shape index (κ1) is 22.9. The molecule has 0 unspecified atom stereocenters. The normalized spacial score (nSPS) is 16.4. The number of para-hydroxylation sites is 1. The Morgan fingerprint density at radius 2 is 1.74 bits per heavy atom. The molecule has 0 spiro atoms. The van der Waals surface area contributed by atoms with E-state index < -0.39 is 6.04 Å². The molecule has 2 aromatic rings. The number of rotatable bonds is 9. The highest BCUT2D eigenvalue weighted by molar-refractivity contribution is 5.89. The monoisotopic (exact) mass is 421 g/mol. The Labute approximate surface area is 186 Å². The van der Waals surface area contributed by atoms with Crippen molar-refractivity contribution in [3.05, 3.63) is 65.7 Å². The summed E-state index contributed by atoms with van der Waals surface area (Å²) in [6, 6.07) is 18.0. The van der Waals surface area contributed by atoms with Gasteiger partial charge in [0.1, 0.15) is 6.04 Å². The van der Waals surface area contributed by atoms with Crippen LogP contribution in [0.15, 0.2) is 54.6 Å². The van der Waals surface area contributed by atoms with Crippen molar-refractivity contribution in [2.75, 3.05) is 24.5 Å². The Morgan fingerprint density at radius 3 is 2.42 bits per heavy atom. The zero-order valence-corrected chi connectivity index (χ0v) is 19.0. The number of nitrogens with one attached hydrogen (secondary N) is 1. The molecule has 0 aliphatic carbocycles. The van der Waals surface area contributed by atoms with Gasteiger partial charge in [0.05, 0.1) is 0 Å². The van der Waals surface area contributed by atoms with Crippen LogP contribution in [0.1, 0.15) is 44.7 Å². The molecule has 0 radical (unpaired) electrons. The fourth-order valence-corrected chi connectivity index (χ4v) is 4.15. The van der Waals surface area contributed by atoms with Crippen LogP contribution in [0.3, 0.4) is 0 Å². The van der Waals surface area contributed by atoms with Crippen LogP contribution < -0.4 is 10.2 Å². The molecule has 2 atom stereocenters. The quantitative estimate of drug-likeness (QED) is 0.622. The third kappa shape index (κ3) is 5.66. The number of benzene rings is 2. The van der Waals surface area contributed by atoms with Crippen molar-refractivity contribution >= 4 is 17.5 Å². The standard InChI is InChI=1S/C26H35N3O2/c1-4-20(3)26(31)29-19-22-13-10-9-12-21(22)18-24(29)25(30)27-16-11-17-28(5-2)23-14-7-6-8-15-23/h6-10,12-15,20,24H,4-5,11,16-19H2,1-3H3,(H,27,30)/t20-,24+/m1/s1. The minimum atomic E-state index is -0.437. The SMILES string of the molecule is CC[C@@H](C)C(=O)N1Cc2ccccc2C[C@H]1C(=O)NCCCN(CC)c1ccccc1. The van der Waals surface area contributed by atoms with Crippen LogP contribution >= 0.6 is 0 Å². The molecular weight excluding hydrogens is 386 g/mol. The number of fused-ring (bicyclic) bond motifs is 1. The molecule has 0 bridgehead atoms. The van der Waals surface area contributed by atoms with E-state index in [-0.39, 0.29) is 17.7 Å². The zero-order valence-electron chi connectivity index (χ0n) is 19.0. The van der Waals surface area contributed by atoms with E-state index in [4.69, 9.17) is 0 Å². The number of hydrogen-bond donors (Lipinski definition) is 1. The topological polar surface area (TPSA) is 52.7 Å². The molecule has 166 valence electrons. The molecule has 5 nitrogen and oxygen atoms in total. The second kappa shape index (κ2) is 11.0. The van der Waals surface area contributed by atoms with Crippen molar-refractivity contribution in [3.8, 4) is 0 Å². The van der Waals surface area contributed by atoms with Gasteiger partial charge in [-0.25, -0.2) is 0 Å². The van der Waals surface area contributed by atoms with Gasteiger partial charge in [-0.05, 0) is 43.0 Å². The molecule has 1 aliphatic rings. The van der Waals surface area contributed by atoms with E-state index in [1.165, 1.54) is 5.69 Å². The molecule has 3 rings (SSSR count). The Bertz CT molecular complexity index is 868. The molecule has 0 saturated heterocycles. The third-order valence-corrected chi connectivity index (χ3v) is 6.28. The van der Waals surface area contributed by atoms with Crippen molar-refractivity contribution in [3.63, 3.8) is 0 Å². The fraction of sp³-hybridized carbons (Fsp3) is 0.462. The molecule has 0 fully saturated rings. The summed E-state index contributed by atoms with van der Waals surface area (Å²) in [4.78, 5) is 30.2. The van der Waals surface area contributed by atoms with Gasteiger partial charge in [0.25, 0.3) is 0 Å².